The summed E-state index contributed by atoms with van der Waals surface area (Å²) in [6.07, 6.45) is 7.84. The minimum atomic E-state index is 0.395. The SMILES string of the molecule is CCCc1cc2cc(Oc3ccc(SC)cc3)cc(OCc3nccn3C)c2[nH]1. The molecule has 2 heterocycles. The van der Waals surface area contributed by atoms with Crippen molar-refractivity contribution in [3.63, 3.8) is 0 Å². The number of hydrogen-bond acceptors (Lipinski definition) is 4. The van der Waals surface area contributed by atoms with Gasteiger partial charge in [-0.1, -0.05) is 13.3 Å². The molecule has 4 aromatic rings. The number of aromatic amines is 1. The Labute approximate surface area is 175 Å². The topological polar surface area (TPSA) is 52.1 Å². The molecule has 0 unspecified atom stereocenters. The summed E-state index contributed by atoms with van der Waals surface area (Å²) in [5.74, 6) is 3.20. The normalized spacial score (nSPS) is 11.1. The van der Waals surface area contributed by atoms with Gasteiger partial charge in [-0.25, -0.2) is 4.98 Å². The molecule has 0 spiro atoms. The highest BCUT2D eigenvalue weighted by Gasteiger charge is 2.12. The smallest absolute Gasteiger partial charge is 0.147 e. The van der Waals surface area contributed by atoms with Crippen LogP contribution in [0.4, 0.5) is 0 Å². The van der Waals surface area contributed by atoms with Crippen LogP contribution in [0.5, 0.6) is 17.2 Å². The zero-order valence-corrected chi connectivity index (χ0v) is 17.8. The number of nitrogens with one attached hydrogen (secondary N) is 1. The van der Waals surface area contributed by atoms with Gasteiger partial charge in [0.2, 0.25) is 0 Å². The third-order valence-electron chi connectivity index (χ3n) is 4.81. The number of fused-ring (bicyclic) bond motifs is 1. The van der Waals surface area contributed by atoms with Gasteiger partial charge >= 0.3 is 0 Å². The van der Waals surface area contributed by atoms with Crippen LogP contribution in [0.1, 0.15) is 24.9 Å². The van der Waals surface area contributed by atoms with Crippen LogP contribution in [0, 0.1) is 0 Å². The van der Waals surface area contributed by atoms with Crippen molar-refractivity contribution >= 4 is 22.7 Å². The van der Waals surface area contributed by atoms with E-state index in [0.29, 0.717) is 6.61 Å². The number of ether oxygens (including phenoxy) is 2. The fraction of sp³-hybridized carbons (Fsp3) is 0.261. The molecule has 0 aliphatic carbocycles. The van der Waals surface area contributed by atoms with E-state index >= 15 is 0 Å². The summed E-state index contributed by atoms with van der Waals surface area (Å²) in [6.45, 7) is 2.57. The molecule has 2 aromatic carbocycles. The molecule has 0 aliphatic rings. The third kappa shape index (κ3) is 4.43. The Morgan fingerprint density at radius 1 is 1.10 bits per heavy atom. The highest BCUT2D eigenvalue weighted by molar-refractivity contribution is 7.98. The summed E-state index contributed by atoms with van der Waals surface area (Å²) in [6, 6.07) is 14.3. The molecule has 0 atom stereocenters. The first-order chi connectivity index (χ1) is 14.2. The average molecular weight is 408 g/mol. The molecule has 2 aromatic heterocycles. The van der Waals surface area contributed by atoms with Gasteiger partial charge in [-0.05, 0) is 49.1 Å². The second-order valence-corrected chi connectivity index (χ2v) is 7.83. The van der Waals surface area contributed by atoms with Gasteiger partial charge in [0, 0.05) is 41.5 Å². The number of H-pyrrole nitrogens is 1. The van der Waals surface area contributed by atoms with Gasteiger partial charge in [0.1, 0.15) is 29.7 Å². The summed E-state index contributed by atoms with van der Waals surface area (Å²) >= 11 is 1.71. The lowest BCUT2D eigenvalue weighted by atomic mass is 10.2. The Morgan fingerprint density at radius 3 is 2.62 bits per heavy atom. The first kappa shape index (κ1) is 19.5. The summed E-state index contributed by atoms with van der Waals surface area (Å²) in [7, 11) is 1.97. The lowest BCUT2D eigenvalue weighted by Crippen LogP contribution is -2.03. The molecule has 6 heteroatoms. The van der Waals surface area contributed by atoms with Gasteiger partial charge in [0.25, 0.3) is 0 Å². The Morgan fingerprint density at radius 2 is 1.93 bits per heavy atom. The number of benzene rings is 2. The lowest BCUT2D eigenvalue weighted by molar-refractivity contribution is 0.293. The first-order valence-electron chi connectivity index (χ1n) is 9.73. The predicted octanol–water partition coefficient (Wildman–Crippen LogP) is 5.95. The van der Waals surface area contributed by atoms with Gasteiger partial charge in [-0.15, -0.1) is 11.8 Å². The Hall–Kier alpha value is -2.86. The highest BCUT2D eigenvalue weighted by Crippen LogP contribution is 2.34. The lowest BCUT2D eigenvalue weighted by Gasteiger charge is -2.11. The van der Waals surface area contributed by atoms with E-state index < -0.39 is 0 Å². The minimum absolute atomic E-state index is 0.395. The maximum atomic E-state index is 6.15. The van der Waals surface area contributed by atoms with Crippen LogP contribution < -0.4 is 9.47 Å². The molecule has 1 N–H and O–H groups in total. The van der Waals surface area contributed by atoms with Gasteiger partial charge in [0.15, 0.2) is 0 Å². The second kappa shape index (κ2) is 8.66. The van der Waals surface area contributed by atoms with Gasteiger partial charge < -0.3 is 19.0 Å². The van der Waals surface area contributed by atoms with Crippen LogP contribution in [0.15, 0.2) is 59.8 Å². The Bertz CT molecular complexity index is 1100. The predicted molar refractivity (Wildman–Crippen MR) is 118 cm³/mol. The summed E-state index contributed by atoms with van der Waals surface area (Å²) in [5, 5.41) is 1.08. The number of nitrogens with zero attached hydrogens (tertiary/aromatic N) is 2. The highest BCUT2D eigenvalue weighted by atomic mass is 32.2. The van der Waals surface area contributed by atoms with Crippen LogP contribution in [-0.2, 0) is 20.1 Å². The zero-order valence-electron chi connectivity index (χ0n) is 16.9. The van der Waals surface area contributed by atoms with E-state index in [-0.39, 0.29) is 0 Å². The molecule has 5 nitrogen and oxygen atoms in total. The van der Waals surface area contributed by atoms with Crippen LogP contribution in [0.3, 0.4) is 0 Å². The van der Waals surface area contributed by atoms with Crippen molar-refractivity contribution in [3.05, 3.63) is 66.4 Å². The van der Waals surface area contributed by atoms with Crippen molar-refractivity contribution in [2.24, 2.45) is 7.05 Å². The van der Waals surface area contributed by atoms with Crippen molar-refractivity contribution in [3.8, 4) is 17.2 Å². The van der Waals surface area contributed by atoms with Gasteiger partial charge in [-0.2, -0.15) is 0 Å². The molecular formula is C23H25N3O2S. The van der Waals surface area contributed by atoms with Crippen molar-refractivity contribution in [2.45, 2.75) is 31.3 Å². The van der Waals surface area contributed by atoms with E-state index in [9.17, 15) is 0 Å². The number of hydrogen-bond donors (Lipinski definition) is 1. The van der Waals surface area contributed by atoms with Crippen molar-refractivity contribution in [1.29, 1.82) is 0 Å². The Kier molecular flexibility index (Phi) is 5.81. The van der Waals surface area contributed by atoms with E-state index in [4.69, 9.17) is 9.47 Å². The zero-order chi connectivity index (χ0) is 20.2. The number of imidazole rings is 1. The molecule has 0 fully saturated rings. The summed E-state index contributed by atoms with van der Waals surface area (Å²) in [4.78, 5) is 9.06. The van der Waals surface area contributed by atoms with Crippen LogP contribution in [0.25, 0.3) is 10.9 Å². The number of aromatic nitrogens is 3. The minimum Gasteiger partial charge on any atom is -0.483 e. The molecule has 0 amide bonds. The maximum absolute atomic E-state index is 6.15. The number of rotatable bonds is 8. The standard InChI is InChI=1S/C23H25N3O2S/c1-4-5-17-12-16-13-19(28-18-6-8-20(29-3)9-7-18)14-21(23(16)25-17)27-15-22-24-10-11-26(22)2/h6-14,25H,4-5,15H2,1-3H3. The third-order valence-corrected chi connectivity index (χ3v) is 5.56. The van der Waals surface area contributed by atoms with Crippen LogP contribution in [0.2, 0.25) is 0 Å². The van der Waals surface area contributed by atoms with Gasteiger partial charge in [-0.3, -0.25) is 0 Å². The summed E-state index contributed by atoms with van der Waals surface area (Å²) < 4.78 is 14.2. The van der Waals surface area contributed by atoms with Gasteiger partial charge in [0.05, 0.1) is 5.52 Å². The average Bonchev–Trinajstić information content (AvgIpc) is 3.32. The summed E-state index contributed by atoms with van der Waals surface area (Å²) in [5.41, 5.74) is 2.19. The fourth-order valence-electron chi connectivity index (χ4n) is 3.28. The molecule has 0 aliphatic heterocycles. The van der Waals surface area contributed by atoms with Crippen molar-refractivity contribution < 1.29 is 9.47 Å². The molecule has 0 saturated heterocycles. The molecule has 29 heavy (non-hydrogen) atoms. The number of thioether (sulfide) groups is 1. The molecule has 0 radical (unpaired) electrons. The van der Waals surface area contributed by atoms with Crippen molar-refractivity contribution in [1.82, 2.24) is 14.5 Å². The second-order valence-electron chi connectivity index (χ2n) is 6.95. The maximum Gasteiger partial charge on any atom is 0.147 e. The quantitative estimate of drug-likeness (QED) is 0.367. The largest absolute Gasteiger partial charge is 0.483 e. The molecule has 150 valence electrons. The fourth-order valence-corrected chi connectivity index (χ4v) is 3.69. The first-order valence-corrected chi connectivity index (χ1v) is 10.9. The number of aryl methyl sites for hydroxylation is 2. The van der Waals surface area contributed by atoms with E-state index in [2.05, 4.69) is 47.4 Å². The van der Waals surface area contributed by atoms with Crippen LogP contribution in [-0.4, -0.2) is 20.8 Å². The van der Waals surface area contributed by atoms with Crippen molar-refractivity contribution in [2.75, 3.05) is 6.26 Å². The van der Waals surface area contributed by atoms with Crippen LogP contribution >= 0.6 is 11.8 Å². The molecular weight excluding hydrogens is 382 g/mol. The van der Waals surface area contributed by atoms with E-state index in [1.807, 2.05) is 36.0 Å². The van der Waals surface area contributed by atoms with E-state index in [1.165, 1.54) is 10.6 Å². The Balaban J connectivity index is 1.65. The van der Waals surface area contributed by atoms with E-state index in [1.54, 1.807) is 18.0 Å². The monoisotopic (exact) mass is 407 g/mol. The molecule has 0 saturated carbocycles. The van der Waals surface area contributed by atoms with E-state index in [0.717, 1.165) is 46.8 Å². The molecule has 0 bridgehead atoms. The molecule has 4 rings (SSSR count).